The van der Waals surface area contributed by atoms with E-state index in [0.717, 1.165) is 51.7 Å². The van der Waals surface area contributed by atoms with E-state index < -0.39 is 94.5 Å². The topological polar surface area (TPSA) is 268 Å². The van der Waals surface area contributed by atoms with E-state index in [1.807, 2.05) is 67.7 Å². The van der Waals surface area contributed by atoms with Crippen molar-refractivity contribution in [1.29, 1.82) is 0 Å². The lowest BCUT2D eigenvalue weighted by atomic mass is 9.92. The summed E-state index contributed by atoms with van der Waals surface area (Å²) in [6.45, 7) is 24.4. The highest BCUT2D eigenvalue weighted by Gasteiger charge is 2.47. The van der Waals surface area contributed by atoms with Gasteiger partial charge in [-0.05, 0) is 90.1 Å². The first kappa shape index (κ1) is 63.4. The molecule has 77 heavy (non-hydrogen) atoms. The summed E-state index contributed by atoms with van der Waals surface area (Å²) in [5.41, 5.74) is 0.539. The minimum Gasteiger partial charge on any atom is -0.359 e. The molecule has 0 aliphatic carbocycles. The number of sulfone groups is 3. The first-order valence-electron chi connectivity index (χ1n) is 23.0. The van der Waals surface area contributed by atoms with Crippen LogP contribution < -0.4 is 16.0 Å². The minimum atomic E-state index is -4.52. The zero-order chi connectivity index (χ0) is 58.9. The van der Waals surface area contributed by atoms with Crippen LogP contribution in [-0.4, -0.2) is 77.5 Å². The molecule has 6 rings (SSSR count). The number of nitrogens with zero attached hydrogens (tertiary/aromatic N) is 4. The van der Waals surface area contributed by atoms with Gasteiger partial charge in [0.25, 0.3) is 0 Å². The Hall–Kier alpha value is -6.09. The first-order chi connectivity index (χ1) is 34.9. The van der Waals surface area contributed by atoms with Crippen LogP contribution in [0.1, 0.15) is 121 Å². The van der Waals surface area contributed by atoms with E-state index in [4.69, 9.17) is 20.6 Å². The van der Waals surface area contributed by atoms with Crippen LogP contribution in [-0.2, 0) is 60.1 Å². The van der Waals surface area contributed by atoms with Crippen molar-refractivity contribution in [2.45, 2.75) is 149 Å². The van der Waals surface area contributed by atoms with Crippen molar-refractivity contribution in [3.63, 3.8) is 0 Å². The molecule has 0 bridgehead atoms. The fourth-order valence-electron chi connectivity index (χ4n) is 5.93. The summed E-state index contributed by atoms with van der Waals surface area (Å²) in [6, 6.07) is 9.74. The molecule has 0 saturated carbocycles. The van der Waals surface area contributed by atoms with Crippen LogP contribution in [0, 0.1) is 23.3 Å². The molecule has 3 N–H and O–H groups in total. The van der Waals surface area contributed by atoms with Crippen molar-refractivity contribution in [1.82, 2.24) is 20.3 Å². The van der Waals surface area contributed by atoms with Crippen molar-refractivity contribution in [2.24, 2.45) is 0 Å². The third kappa shape index (κ3) is 14.3. The Morgan fingerprint density at radius 3 is 1.43 bits per heavy atom. The average Bonchev–Trinajstić information content (AvgIpc) is 4.11. The third-order valence-corrected chi connectivity index (χ3v) is 19.7. The van der Waals surface area contributed by atoms with Crippen molar-refractivity contribution in [3.8, 4) is 0 Å². The van der Waals surface area contributed by atoms with Crippen LogP contribution in [0.25, 0.3) is 0 Å². The molecule has 4 heterocycles. The zero-order valence-corrected chi connectivity index (χ0v) is 48.8. The van der Waals surface area contributed by atoms with Crippen molar-refractivity contribution < 1.29 is 66.2 Å². The second-order valence-corrected chi connectivity index (χ2v) is 30.5. The predicted molar refractivity (Wildman–Crippen MR) is 283 cm³/mol. The van der Waals surface area contributed by atoms with Crippen LogP contribution in [0.15, 0.2) is 96.0 Å². The standard InChI is InChI=1S/2C17H20F2N2O4S.C16H20ClN3O3S2/c1-16(2,3)13-9-14(21-25-13)20-15(22)17(4,5)26(23,24)12-8-10(18)6-7-11(12)19;1-16(2,3)13-9-14(25-21-13)20-15(22)17(4,5)26(23,24)12-8-10(18)6-7-11(12)19;1-15(2,3)11-9-24-14(19-11)20-13(21)16(4,5)25(22,23)10-6-7-12(17)18-8-10/h6-9H,1-5H3,(H,20,21,22);6-9H,1-5H3,(H,20,22);6-9H,1-5H3,(H,19,20,21). The Kier molecular flexibility index (Phi) is 18.7. The van der Waals surface area contributed by atoms with Gasteiger partial charge in [0.2, 0.25) is 23.6 Å². The van der Waals surface area contributed by atoms with Crippen molar-refractivity contribution >= 4 is 87.0 Å². The summed E-state index contributed by atoms with van der Waals surface area (Å²) in [5, 5.41) is 17.2. The second kappa shape index (κ2) is 22.7. The van der Waals surface area contributed by atoms with Gasteiger partial charge in [-0.15, -0.1) is 11.3 Å². The highest BCUT2D eigenvalue weighted by Crippen LogP contribution is 2.34. The molecule has 27 heteroatoms. The number of amides is 3. The van der Waals surface area contributed by atoms with Gasteiger partial charge in [-0.2, -0.15) is 0 Å². The van der Waals surface area contributed by atoms with Crippen LogP contribution in [0.4, 0.5) is 34.4 Å². The number of aromatic nitrogens is 4. The van der Waals surface area contributed by atoms with Crippen molar-refractivity contribution in [3.05, 3.63) is 118 Å². The Balaban J connectivity index is 0.000000249. The SMILES string of the molecule is CC(C)(C)c1cc(NC(=O)C(C)(C)S(=O)(=O)c2cc(F)ccc2F)no1.CC(C)(C)c1cc(NC(=O)C(C)(C)S(=O)(=O)c2cc(F)ccc2F)on1.CC(C)(C)c1csc(NC(=O)C(C)(C)S(=O)(=O)c2ccc(Cl)nc2)n1. The van der Waals surface area contributed by atoms with Crippen LogP contribution >= 0.6 is 22.9 Å². The number of thiazole rings is 1. The van der Waals surface area contributed by atoms with Gasteiger partial charge in [-0.3, -0.25) is 19.7 Å². The number of anilines is 3. The fourth-order valence-corrected chi connectivity index (χ4v) is 11.2. The Morgan fingerprint density at radius 1 is 0.545 bits per heavy atom. The van der Waals surface area contributed by atoms with E-state index in [0.29, 0.717) is 40.9 Å². The maximum absolute atomic E-state index is 13.9. The molecular formula is C50H60ClF4N7O11S4. The largest absolute Gasteiger partial charge is 0.359 e. The van der Waals surface area contributed by atoms with Crippen LogP contribution in [0.3, 0.4) is 0 Å². The fraction of sp³-hybridized carbons (Fsp3) is 0.420. The van der Waals surface area contributed by atoms with E-state index in [1.165, 1.54) is 49.4 Å². The summed E-state index contributed by atoms with van der Waals surface area (Å²) >= 11 is 6.95. The maximum atomic E-state index is 13.9. The van der Waals surface area contributed by atoms with Gasteiger partial charge >= 0.3 is 0 Å². The smallest absolute Gasteiger partial charge is 0.248 e. The van der Waals surface area contributed by atoms with Gasteiger partial charge in [-0.25, -0.2) is 52.8 Å². The number of hydrogen-bond donors (Lipinski definition) is 3. The van der Waals surface area contributed by atoms with Gasteiger partial charge in [0.15, 0.2) is 40.5 Å². The Bertz CT molecular complexity index is 3350. The third-order valence-electron chi connectivity index (χ3n) is 11.5. The second-order valence-electron chi connectivity index (χ2n) is 21.8. The van der Waals surface area contributed by atoms with E-state index in [2.05, 4.69) is 36.2 Å². The van der Waals surface area contributed by atoms with Crippen LogP contribution in [0.2, 0.25) is 5.15 Å². The van der Waals surface area contributed by atoms with Gasteiger partial charge in [0.05, 0.1) is 16.3 Å². The number of rotatable bonds is 12. The number of halogens is 5. The molecule has 420 valence electrons. The van der Waals surface area contributed by atoms with Crippen molar-refractivity contribution in [2.75, 3.05) is 16.0 Å². The van der Waals surface area contributed by atoms with E-state index in [1.54, 1.807) is 0 Å². The molecule has 0 atom stereocenters. The molecule has 4 aromatic heterocycles. The molecule has 0 aliphatic rings. The lowest BCUT2D eigenvalue weighted by Crippen LogP contribution is -2.44. The normalized spacial score (nSPS) is 12.9. The average molecular weight is 1170 g/mol. The van der Waals surface area contributed by atoms with Gasteiger partial charge < -0.3 is 19.7 Å². The van der Waals surface area contributed by atoms with Crippen LogP contribution in [0.5, 0.6) is 0 Å². The summed E-state index contributed by atoms with van der Waals surface area (Å²) in [4.78, 5) is 44.0. The highest BCUT2D eigenvalue weighted by molar-refractivity contribution is 7.94. The van der Waals surface area contributed by atoms with Gasteiger partial charge in [0.1, 0.15) is 58.2 Å². The monoisotopic (exact) mass is 1170 g/mol. The molecular weight excluding hydrogens is 1110 g/mol. The zero-order valence-electron chi connectivity index (χ0n) is 44.7. The van der Waals surface area contributed by atoms with Gasteiger partial charge in [-0.1, -0.05) is 84.2 Å². The molecule has 0 unspecified atom stereocenters. The summed E-state index contributed by atoms with van der Waals surface area (Å²) in [7, 11) is -13.0. The molecule has 0 radical (unpaired) electrons. The molecule has 0 fully saturated rings. The predicted octanol–water partition coefficient (Wildman–Crippen LogP) is 10.6. The number of nitrogens with one attached hydrogen (secondary N) is 3. The Morgan fingerprint density at radius 2 is 1.01 bits per heavy atom. The summed E-state index contributed by atoms with van der Waals surface area (Å²) in [6.07, 6.45) is 1.15. The lowest BCUT2D eigenvalue weighted by molar-refractivity contribution is -0.118. The minimum absolute atomic E-state index is 0.0305. The first-order valence-corrected chi connectivity index (χ1v) is 28.7. The van der Waals surface area contributed by atoms with Gasteiger partial charge in [0, 0.05) is 40.0 Å². The summed E-state index contributed by atoms with van der Waals surface area (Å²) in [5.74, 6) is -6.20. The van der Waals surface area contributed by atoms with E-state index in [-0.39, 0.29) is 38.0 Å². The molecule has 0 aliphatic heterocycles. The number of hydrogen-bond acceptors (Lipinski definition) is 16. The number of carbonyl (C=O) groups is 3. The molecule has 0 saturated heterocycles. The lowest BCUT2D eigenvalue weighted by Gasteiger charge is -2.23. The van der Waals surface area contributed by atoms with E-state index >= 15 is 0 Å². The maximum Gasteiger partial charge on any atom is 0.248 e. The molecule has 6 aromatic rings. The number of pyridine rings is 1. The summed E-state index contributed by atoms with van der Waals surface area (Å²) < 4.78 is 135. The number of carbonyl (C=O) groups excluding carboxylic acids is 3. The molecule has 3 amide bonds. The highest BCUT2D eigenvalue weighted by atomic mass is 35.5. The van der Waals surface area contributed by atoms with E-state index in [9.17, 15) is 57.2 Å². The Labute approximate surface area is 453 Å². The quantitative estimate of drug-likeness (QED) is 0.0759. The number of benzene rings is 2. The molecule has 18 nitrogen and oxygen atoms in total. The molecule has 0 spiro atoms. The molecule has 2 aromatic carbocycles.